The molecule has 4 N–H and O–H groups in total. The van der Waals surface area contributed by atoms with Crippen molar-refractivity contribution in [3.63, 3.8) is 0 Å². The van der Waals surface area contributed by atoms with Crippen molar-refractivity contribution in [3.8, 4) is 17.0 Å². The van der Waals surface area contributed by atoms with E-state index in [0.717, 1.165) is 16.5 Å². The van der Waals surface area contributed by atoms with Gasteiger partial charge in [0.25, 0.3) is 5.91 Å². The Hall–Kier alpha value is -2.64. The van der Waals surface area contributed by atoms with Crippen LogP contribution in [0.15, 0.2) is 53.0 Å². The van der Waals surface area contributed by atoms with E-state index in [1.54, 1.807) is 6.92 Å². The predicted octanol–water partition coefficient (Wildman–Crippen LogP) is 3.37. The quantitative estimate of drug-likeness (QED) is 0.327. The van der Waals surface area contributed by atoms with Crippen LogP contribution >= 0.6 is 15.9 Å². The third-order valence-corrected chi connectivity index (χ3v) is 4.49. The Bertz CT molecular complexity index is 909. The zero-order chi connectivity index (χ0) is 18.5. The molecule has 0 spiro atoms. The maximum Gasteiger partial charge on any atom is 0.269 e. The van der Waals surface area contributed by atoms with Crippen molar-refractivity contribution >= 4 is 21.8 Å². The van der Waals surface area contributed by atoms with Crippen LogP contribution in [-0.4, -0.2) is 22.7 Å². The van der Waals surface area contributed by atoms with Crippen LogP contribution in [0.2, 0.25) is 0 Å². The van der Waals surface area contributed by atoms with E-state index in [1.807, 2.05) is 36.4 Å². The Labute approximate surface area is 159 Å². The fourth-order valence-corrected chi connectivity index (χ4v) is 3.07. The summed E-state index contributed by atoms with van der Waals surface area (Å²) >= 11 is 3.47. The Kier molecular flexibility index (Phi) is 5.70. The second kappa shape index (κ2) is 8.16. The number of aryl methyl sites for hydroxylation is 1. The molecule has 0 fully saturated rings. The number of carbonyl (C=O) groups is 1. The van der Waals surface area contributed by atoms with Gasteiger partial charge in [-0.3, -0.25) is 15.3 Å². The minimum Gasteiger partial charge on any atom is -0.493 e. The number of hydrazine groups is 1. The summed E-state index contributed by atoms with van der Waals surface area (Å²) in [5.74, 6) is 5.56. The molecular weight excluding hydrogens is 396 g/mol. The molecule has 3 aromatic rings. The van der Waals surface area contributed by atoms with Crippen LogP contribution in [0.3, 0.4) is 0 Å². The highest BCUT2D eigenvalue weighted by Gasteiger charge is 2.21. The highest BCUT2D eigenvalue weighted by molar-refractivity contribution is 9.10. The maximum absolute atomic E-state index is 12.1. The number of nitrogen functional groups attached to an aromatic ring is 1. The third kappa shape index (κ3) is 3.95. The highest BCUT2D eigenvalue weighted by Crippen LogP contribution is 2.34. The van der Waals surface area contributed by atoms with E-state index in [4.69, 9.17) is 10.6 Å². The van der Waals surface area contributed by atoms with Crippen molar-refractivity contribution in [2.24, 2.45) is 5.84 Å². The summed E-state index contributed by atoms with van der Waals surface area (Å²) in [6.45, 7) is 2.29. The first kappa shape index (κ1) is 18.2. The van der Waals surface area contributed by atoms with Crippen LogP contribution in [0, 0.1) is 6.92 Å². The van der Waals surface area contributed by atoms with E-state index in [-0.39, 0.29) is 0 Å². The topological polar surface area (TPSA) is 93.0 Å². The van der Waals surface area contributed by atoms with Gasteiger partial charge in [-0.25, -0.2) is 5.84 Å². The number of benzene rings is 2. The van der Waals surface area contributed by atoms with Crippen molar-refractivity contribution in [1.29, 1.82) is 0 Å². The molecule has 0 radical (unpaired) electrons. The van der Waals surface area contributed by atoms with E-state index in [0.29, 0.717) is 29.3 Å². The number of nitrogens with zero attached hydrogens (tertiary/aromatic N) is 1. The Morgan fingerprint density at radius 1 is 1.27 bits per heavy atom. The van der Waals surface area contributed by atoms with Gasteiger partial charge in [0, 0.05) is 22.2 Å². The molecule has 0 saturated carbocycles. The molecule has 26 heavy (non-hydrogen) atoms. The van der Waals surface area contributed by atoms with Gasteiger partial charge >= 0.3 is 0 Å². The minimum absolute atomic E-state index is 0.401. The molecule has 1 heterocycles. The fraction of sp³-hybridized carbons (Fsp3) is 0.158. The lowest BCUT2D eigenvalue weighted by atomic mass is 10.0. The molecule has 0 aliphatic rings. The Balaban J connectivity index is 1.88. The number of nitrogens with two attached hydrogens (primary N) is 1. The molecule has 1 amide bonds. The smallest absolute Gasteiger partial charge is 0.269 e. The Morgan fingerprint density at radius 3 is 2.77 bits per heavy atom. The number of amides is 1. The summed E-state index contributed by atoms with van der Waals surface area (Å²) < 4.78 is 6.85. The Morgan fingerprint density at radius 2 is 2.04 bits per heavy atom. The molecule has 1 aromatic heterocycles. The number of aromatic nitrogens is 2. The number of hydrogen-bond acceptors (Lipinski definition) is 4. The van der Waals surface area contributed by atoms with Crippen molar-refractivity contribution < 1.29 is 9.53 Å². The summed E-state index contributed by atoms with van der Waals surface area (Å²) in [5, 5.41) is 7.12. The lowest BCUT2D eigenvalue weighted by molar-refractivity contribution is 0.0954. The van der Waals surface area contributed by atoms with Gasteiger partial charge in [0.15, 0.2) is 0 Å². The molecular formula is C19H19BrN4O2. The number of aromatic amines is 1. The molecule has 0 unspecified atom stereocenters. The number of ether oxygens (including phenoxy) is 1. The van der Waals surface area contributed by atoms with E-state index in [9.17, 15) is 4.79 Å². The second-order valence-electron chi connectivity index (χ2n) is 5.77. The summed E-state index contributed by atoms with van der Waals surface area (Å²) in [7, 11) is 0. The second-order valence-corrected chi connectivity index (χ2v) is 6.69. The van der Waals surface area contributed by atoms with Gasteiger partial charge in [0.2, 0.25) is 0 Å². The zero-order valence-corrected chi connectivity index (χ0v) is 15.8. The molecule has 3 rings (SSSR count). The zero-order valence-electron chi connectivity index (χ0n) is 14.3. The van der Waals surface area contributed by atoms with Gasteiger partial charge < -0.3 is 4.74 Å². The summed E-state index contributed by atoms with van der Waals surface area (Å²) in [6.07, 6.45) is 0.784. The number of carbonyl (C=O) groups excluding carboxylic acids is 1. The van der Waals surface area contributed by atoms with Crippen LogP contribution in [0.5, 0.6) is 5.75 Å². The van der Waals surface area contributed by atoms with E-state index in [2.05, 4.69) is 43.7 Å². The van der Waals surface area contributed by atoms with Crippen LogP contribution < -0.4 is 16.0 Å². The predicted molar refractivity (Wildman–Crippen MR) is 104 cm³/mol. The van der Waals surface area contributed by atoms with Crippen molar-refractivity contribution in [2.75, 3.05) is 6.61 Å². The summed E-state index contributed by atoms with van der Waals surface area (Å²) in [6, 6.07) is 15.7. The molecule has 0 saturated heterocycles. The van der Waals surface area contributed by atoms with Gasteiger partial charge in [-0.1, -0.05) is 46.3 Å². The molecule has 0 atom stereocenters. The van der Waals surface area contributed by atoms with Gasteiger partial charge in [-0.2, -0.15) is 5.10 Å². The standard InChI is InChI=1S/C19H19BrN4O2/c1-12-17(19(25)22-21)18(24-23-12)15-11-14(20)7-8-16(15)26-10-9-13-5-3-2-4-6-13/h2-8,11H,9-10,21H2,1H3,(H,22,25)(H,23,24). The molecule has 0 aliphatic heterocycles. The number of nitrogens with one attached hydrogen (secondary N) is 2. The number of H-pyrrole nitrogens is 1. The largest absolute Gasteiger partial charge is 0.493 e. The number of hydrogen-bond donors (Lipinski definition) is 3. The van der Waals surface area contributed by atoms with Crippen molar-refractivity contribution in [1.82, 2.24) is 15.6 Å². The molecule has 0 aliphatic carbocycles. The van der Waals surface area contributed by atoms with Crippen LogP contribution in [0.25, 0.3) is 11.3 Å². The van der Waals surface area contributed by atoms with Crippen molar-refractivity contribution in [3.05, 3.63) is 69.8 Å². The average Bonchev–Trinajstić information content (AvgIpc) is 3.04. The highest BCUT2D eigenvalue weighted by atomic mass is 79.9. The van der Waals surface area contributed by atoms with E-state index < -0.39 is 5.91 Å². The maximum atomic E-state index is 12.1. The SMILES string of the molecule is Cc1[nH]nc(-c2cc(Br)ccc2OCCc2ccccc2)c1C(=O)NN. The lowest BCUT2D eigenvalue weighted by Gasteiger charge is -2.12. The van der Waals surface area contributed by atoms with Crippen LogP contribution in [0.1, 0.15) is 21.6 Å². The third-order valence-electron chi connectivity index (χ3n) is 3.99. The molecule has 134 valence electrons. The molecule has 2 aromatic carbocycles. The average molecular weight is 415 g/mol. The van der Waals surface area contributed by atoms with Crippen LogP contribution in [0.4, 0.5) is 0 Å². The lowest BCUT2D eigenvalue weighted by Crippen LogP contribution is -2.30. The van der Waals surface area contributed by atoms with Gasteiger partial charge in [-0.15, -0.1) is 0 Å². The molecule has 7 heteroatoms. The normalized spacial score (nSPS) is 10.6. The van der Waals surface area contributed by atoms with Gasteiger partial charge in [0.05, 0.1) is 12.2 Å². The monoisotopic (exact) mass is 414 g/mol. The van der Waals surface area contributed by atoms with E-state index >= 15 is 0 Å². The minimum atomic E-state index is -0.401. The van der Waals surface area contributed by atoms with Gasteiger partial charge in [0.1, 0.15) is 11.4 Å². The van der Waals surface area contributed by atoms with Crippen LogP contribution in [-0.2, 0) is 6.42 Å². The molecule has 6 nitrogen and oxygen atoms in total. The summed E-state index contributed by atoms with van der Waals surface area (Å²) in [4.78, 5) is 12.1. The van der Waals surface area contributed by atoms with Gasteiger partial charge in [-0.05, 0) is 30.7 Å². The number of rotatable bonds is 6. The fourth-order valence-electron chi connectivity index (χ4n) is 2.71. The number of halogens is 1. The first-order valence-electron chi connectivity index (χ1n) is 8.12. The molecule has 0 bridgehead atoms. The summed E-state index contributed by atoms with van der Waals surface area (Å²) in [5.41, 5.74) is 5.62. The van der Waals surface area contributed by atoms with Crippen molar-refractivity contribution in [2.45, 2.75) is 13.3 Å². The first-order chi connectivity index (χ1) is 12.6. The first-order valence-corrected chi connectivity index (χ1v) is 8.92. The van der Waals surface area contributed by atoms with E-state index in [1.165, 1.54) is 5.56 Å².